The average Bonchev–Trinajstić information content (AvgIpc) is 2.89. The maximum absolute atomic E-state index is 6.15. The van der Waals surface area contributed by atoms with Crippen LogP contribution in [0.15, 0.2) is 30.7 Å². The molecule has 47 heavy (non-hydrogen) atoms. The van der Waals surface area contributed by atoms with E-state index in [1.54, 1.807) is 0 Å². The summed E-state index contributed by atoms with van der Waals surface area (Å²) >= 11 is 0. The summed E-state index contributed by atoms with van der Waals surface area (Å²) < 4.78 is 51.4. The zero-order valence-corrected chi connectivity index (χ0v) is 38.9. The predicted octanol–water partition coefficient (Wildman–Crippen LogP) is 5.74. The van der Waals surface area contributed by atoms with Gasteiger partial charge in [0.05, 0.1) is 0 Å². The summed E-state index contributed by atoms with van der Waals surface area (Å²) in [6.07, 6.45) is 1.94. The standard InChI is InChI=1S/C26H74N16P5/c1-25-26-42(24)47(40(20)21,41(22)23)30-43(27-44(31(2)3,32(4)5)33(6)7,28-45(34(8)9,35(10)11)36(12)13)29-46(37(14)15,38(16)17)39(18)19/h25H,1,26H2,2-24H3/q+1. The van der Waals surface area contributed by atoms with Gasteiger partial charge in [0.15, 0.2) is 0 Å². The molecule has 0 aliphatic carbocycles. The third kappa shape index (κ3) is 9.35. The Labute approximate surface area is 292 Å². The highest BCUT2D eigenvalue weighted by Gasteiger charge is 2.56. The molecule has 16 nitrogen and oxygen atoms in total. The van der Waals surface area contributed by atoms with Crippen molar-refractivity contribution in [3.8, 4) is 0 Å². The van der Waals surface area contributed by atoms with Gasteiger partial charge < -0.3 is 0 Å². The topological polar surface area (TPSA) is 88.3 Å². The van der Waals surface area contributed by atoms with Crippen molar-refractivity contribution in [1.29, 1.82) is 0 Å². The summed E-state index contributed by atoms with van der Waals surface area (Å²) in [5, 5.41) is 0. The second kappa shape index (κ2) is 18.4. The fraction of sp³-hybridized carbons (Fsp3) is 0.923. The highest BCUT2D eigenvalue weighted by molar-refractivity contribution is 7.88. The van der Waals surface area contributed by atoms with E-state index in [0.717, 1.165) is 0 Å². The summed E-state index contributed by atoms with van der Waals surface area (Å²) in [6.45, 7) is 4.74. The van der Waals surface area contributed by atoms with Gasteiger partial charge in [0, 0.05) is 6.54 Å². The largest absolute Gasteiger partial charge is 0.502 e. The number of hydrogen-bond acceptors (Lipinski definition) is 4. The van der Waals surface area contributed by atoms with Crippen LogP contribution in [0.3, 0.4) is 0 Å². The molecule has 0 saturated carbocycles. The monoisotopic (exact) mass is 765 g/mol. The lowest BCUT2D eigenvalue weighted by Crippen LogP contribution is -2.34. The zero-order chi connectivity index (χ0) is 37.7. The van der Waals surface area contributed by atoms with Gasteiger partial charge >= 0.3 is 7.87 Å². The lowest BCUT2D eigenvalue weighted by atomic mass is 10.6. The van der Waals surface area contributed by atoms with Gasteiger partial charge in [-0.25, -0.2) is 56.0 Å². The van der Waals surface area contributed by atoms with Gasteiger partial charge in [-0.1, -0.05) is 6.08 Å². The number of hydrogen-bond donors (Lipinski definition) is 0. The quantitative estimate of drug-likeness (QED) is 0.126. The van der Waals surface area contributed by atoms with Gasteiger partial charge in [-0.05, 0) is 180 Å². The molecule has 0 aromatic heterocycles. The molecule has 0 fully saturated rings. The molecule has 0 aliphatic heterocycles. The van der Waals surface area contributed by atoms with Crippen LogP contribution >= 0.6 is 37.9 Å². The molecule has 0 aromatic rings. The SMILES string of the molecule is C=CCN(C)P(=N[P+](N=P(N(C)C)(N(C)C)N(C)C)(N=P(N(C)C)(N(C)C)N(C)C)N=P(N(C)C)(N(C)C)N(C)C)(N(C)C)N(C)C. The van der Waals surface area contributed by atoms with Crippen LogP contribution in [-0.4, -0.2) is 225 Å². The van der Waals surface area contributed by atoms with Crippen LogP contribution in [0.5, 0.6) is 0 Å². The molecule has 0 saturated heterocycles. The van der Waals surface area contributed by atoms with Gasteiger partial charge in [-0.3, -0.25) is 0 Å². The Balaban J connectivity index is 10.4. The fourth-order valence-corrected chi connectivity index (χ4v) is 30.4. The molecular formula is C26H74N16P5+. The average molecular weight is 766 g/mol. The van der Waals surface area contributed by atoms with Crippen molar-refractivity contribution in [2.75, 3.05) is 169 Å². The molecule has 0 rings (SSSR count). The van der Waals surface area contributed by atoms with Crippen LogP contribution in [0.25, 0.3) is 0 Å². The minimum atomic E-state index is -3.49. The van der Waals surface area contributed by atoms with E-state index in [-0.39, 0.29) is 0 Å². The molecule has 0 spiro atoms. The summed E-state index contributed by atoms with van der Waals surface area (Å²) in [7, 11) is 34.4. The van der Waals surface area contributed by atoms with Crippen molar-refractivity contribution >= 4 is 37.9 Å². The number of likely N-dealkylation sites (N-methyl/N-ethyl adjacent to an activating group) is 1. The minimum absolute atomic E-state index is 0.633. The lowest BCUT2D eigenvalue weighted by Gasteiger charge is -2.44. The Morgan fingerprint density at radius 3 is 0.681 bits per heavy atom. The summed E-state index contributed by atoms with van der Waals surface area (Å²) in [6, 6.07) is 0. The Hall–Kier alpha value is 0.610. The van der Waals surface area contributed by atoms with E-state index in [2.05, 4.69) is 225 Å². The van der Waals surface area contributed by atoms with E-state index < -0.39 is 37.9 Å². The third-order valence-corrected chi connectivity index (χ3v) is 28.3. The molecule has 0 aliphatic rings. The van der Waals surface area contributed by atoms with Crippen molar-refractivity contribution in [2.45, 2.75) is 0 Å². The van der Waals surface area contributed by atoms with Crippen molar-refractivity contribution in [1.82, 2.24) is 56.0 Å². The van der Waals surface area contributed by atoms with Crippen LogP contribution < -0.4 is 0 Å². The lowest BCUT2D eigenvalue weighted by molar-refractivity contribution is 0.455. The Bertz CT molecular complexity index is 1030. The third-order valence-electron chi connectivity index (χ3n) is 7.71. The highest BCUT2D eigenvalue weighted by Crippen LogP contribution is 2.86. The summed E-state index contributed by atoms with van der Waals surface area (Å²) in [4.78, 5) is 0. The van der Waals surface area contributed by atoms with E-state index in [9.17, 15) is 0 Å². The Morgan fingerprint density at radius 1 is 0.362 bits per heavy atom. The fourth-order valence-electron chi connectivity index (χ4n) is 6.18. The normalized spacial score (nSPS) is 14.6. The second-order valence-corrected chi connectivity index (χ2v) is 31.2. The van der Waals surface area contributed by atoms with Gasteiger partial charge in [-0.15, -0.1) is 6.58 Å². The van der Waals surface area contributed by atoms with Crippen LogP contribution in [-0.2, 0) is 0 Å². The van der Waals surface area contributed by atoms with Gasteiger partial charge in [-0.2, -0.15) is 0 Å². The summed E-state index contributed by atoms with van der Waals surface area (Å²) in [5.41, 5.74) is 0. The van der Waals surface area contributed by atoms with E-state index in [4.69, 9.17) is 18.1 Å². The molecular weight excluding hydrogens is 691 g/mol. The molecule has 0 heterocycles. The van der Waals surface area contributed by atoms with E-state index >= 15 is 0 Å². The molecule has 0 amide bonds. The predicted molar refractivity (Wildman–Crippen MR) is 218 cm³/mol. The van der Waals surface area contributed by atoms with Crippen LogP contribution in [0.1, 0.15) is 0 Å². The minimum Gasteiger partial charge on any atom is -0.249 e. The first kappa shape index (κ1) is 47.6. The van der Waals surface area contributed by atoms with Gasteiger partial charge in [0.25, 0.3) is 0 Å². The van der Waals surface area contributed by atoms with E-state index in [0.29, 0.717) is 6.54 Å². The maximum atomic E-state index is 6.15. The number of rotatable bonds is 18. The van der Waals surface area contributed by atoms with E-state index in [1.165, 1.54) is 0 Å². The van der Waals surface area contributed by atoms with Crippen molar-refractivity contribution < 1.29 is 0 Å². The van der Waals surface area contributed by atoms with Crippen molar-refractivity contribution in [3.63, 3.8) is 0 Å². The molecule has 0 N–H and O–H groups in total. The number of nitrogens with zero attached hydrogens (tertiary/aromatic N) is 16. The first-order chi connectivity index (χ1) is 21.2. The second-order valence-electron chi connectivity index (χ2n) is 13.5. The zero-order valence-electron chi connectivity index (χ0n) is 34.4. The first-order valence-electron chi connectivity index (χ1n) is 15.4. The molecule has 0 aromatic carbocycles. The van der Waals surface area contributed by atoms with Gasteiger partial charge in [0.2, 0.25) is 30.0 Å². The van der Waals surface area contributed by atoms with Crippen molar-refractivity contribution in [3.05, 3.63) is 12.7 Å². The molecule has 282 valence electrons. The maximum Gasteiger partial charge on any atom is 0.502 e. The van der Waals surface area contributed by atoms with Gasteiger partial charge in [0.1, 0.15) is 0 Å². The van der Waals surface area contributed by atoms with E-state index in [1.807, 2.05) is 6.08 Å². The first-order valence-corrected chi connectivity index (χ1v) is 23.4. The molecule has 0 atom stereocenters. The van der Waals surface area contributed by atoms with Crippen molar-refractivity contribution in [2.24, 2.45) is 18.1 Å². The van der Waals surface area contributed by atoms with Crippen LogP contribution in [0.2, 0.25) is 0 Å². The van der Waals surface area contributed by atoms with Crippen LogP contribution in [0, 0.1) is 0 Å². The molecule has 21 heteroatoms. The van der Waals surface area contributed by atoms with Crippen LogP contribution in [0.4, 0.5) is 0 Å². The Morgan fingerprint density at radius 2 is 0.532 bits per heavy atom. The highest BCUT2D eigenvalue weighted by atomic mass is 31.3. The summed E-state index contributed by atoms with van der Waals surface area (Å²) in [5.74, 6) is 0. The molecule has 0 bridgehead atoms. The smallest absolute Gasteiger partial charge is 0.249 e. The molecule has 0 radical (unpaired) electrons. The Kier molecular flexibility index (Phi) is 18.6. The molecule has 0 unspecified atom stereocenters.